The van der Waals surface area contributed by atoms with E-state index in [0.29, 0.717) is 0 Å². The zero-order chi connectivity index (χ0) is 9.35. The topological polar surface area (TPSA) is 40.5 Å². The van der Waals surface area contributed by atoms with Crippen LogP contribution in [0.1, 0.15) is 19.4 Å². The maximum atomic E-state index is 13.0. The molecule has 0 aliphatic rings. The molecule has 0 heterocycles. The first kappa shape index (κ1) is 9.00. The number of hydrogen-bond acceptors (Lipinski definition) is 2. The minimum absolute atomic E-state index is 0.138. The fraction of sp³-hybridized carbons (Fsp3) is 0.333. The molecule has 0 spiro atoms. The van der Waals surface area contributed by atoms with Crippen molar-refractivity contribution in [2.75, 3.05) is 0 Å². The number of hydrogen-bond donors (Lipinski definition) is 2. The third kappa shape index (κ3) is 1.74. The summed E-state index contributed by atoms with van der Waals surface area (Å²) in [5.74, 6) is -0.733. The number of phenols is 1. The van der Waals surface area contributed by atoms with E-state index in [1.165, 1.54) is 26.0 Å². The Morgan fingerprint density at radius 2 is 1.92 bits per heavy atom. The highest BCUT2D eigenvalue weighted by Crippen LogP contribution is 2.25. The minimum atomic E-state index is -1.21. The lowest BCUT2D eigenvalue weighted by Gasteiger charge is -2.18. The SMILES string of the molecule is CC(C)(O)c1ccc(O)cc1F. The van der Waals surface area contributed by atoms with Crippen LogP contribution >= 0.6 is 0 Å². The molecule has 1 aromatic rings. The average Bonchev–Trinajstić information content (AvgIpc) is 1.83. The van der Waals surface area contributed by atoms with Gasteiger partial charge >= 0.3 is 0 Å². The fourth-order valence-corrected chi connectivity index (χ4v) is 1.00. The first-order chi connectivity index (χ1) is 5.41. The lowest BCUT2D eigenvalue weighted by atomic mass is 9.98. The molecule has 0 aliphatic carbocycles. The molecule has 2 N–H and O–H groups in total. The Labute approximate surface area is 70.3 Å². The van der Waals surface area contributed by atoms with Crippen LogP contribution in [0.25, 0.3) is 0 Å². The second-order valence-corrected chi connectivity index (χ2v) is 3.22. The number of benzene rings is 1. The summed E-state index contributed by atoms with van der Waals surface area (Å²) in [5.41, 5.74) is -1.03. The molecule has 1 rings (SSSR count). The third-order valence-corrected chi connectivity index (χ3v) is 1.61. The molecule has 0 amide bonds. The quantitative estimate of drug-likeness (QED) is 0.674. The van der Waals surface area contributed by atoms with Crippen LogP contribution in [0.5, 0.6) is 5.75 Å². The van der Waals surface area contributed by atoms with Crippen molar-refractivity contribution in [2.45, 2.75) is 19.4 Å². The van der Waals surface area contributed by atoms with Crippen molar-refractivity contribution in [2.24, 2.45) is 0 Å². The molecule has 12 heavy (non-hydrogen) atoms. The Morgan fingerprint density at radius 1 is 1.33 bits per heavy atom. The second kappa shape index (κ2) is 2.75. The third-order valence-electron chi connectivity index (χ3n) is 1.61. The van der Waals surface area contributed by atoms with Crippen LogP contribution in [-0.2, 0) is 5.60 Å². The Morgan fingerprint density at radius 3 is 2.33 bits per heavy atom. The summed E-state index contributed by atoms with van der Waals surface area (Å²) in [7, 11) is 0. The van der Waals surface area contributed by atoms with E-state index in [9.17, 15) is 9.50 Å². The van der Waals surface area contributed by atoms with Crippen LogP contribution in [0.4, 0.5) is 4.39 Å². The Balaban J connectivity index is 3.19. The van der Waals surface area contributed by atoms with Gasteiger partial charge in [-0.2, -0.15) is 0 Å². The number of rotatable bonds is 1. The first-order valence-electron chi connectivity index (χ1n) is 3.62. The van der Waals surface area contributed by atoms with Crippen LogP contribution in [0, 0.1) is 5.82 Å². The molecular formula is C9H11FO2. The van der Waals surface area contributed by atoms with Crippen LogP contribution < -0.4 is 0 Å². The van der Waals surface area contributed by atoms with Crippen molar-refractivity contribution in [1.29, 1.82) is 0 Å². The van der Waals surface area contributed by atoms with Crippen LogP contribution in [0.3, 0.4) is 0 Å². The Hall–Kier alpha value is -1.09. The fourth-order valence-electron chi connectivity index (χ4n) is 1.00. The van der Waals surface area contributed by atoms with Gasteiger partial charge in [-0.1, -0.05) is 0 Å². The van der Waals surface area contributed by atoms with Gasteiger partial charge < -0.3 is 10.2 Å². The van der Waals surface area contributed by atoms with Crippen molar-refractivity contribution >= 4 is 0 Å². The van der Waals surface area contributed by atoms with Crippen molar-refractivity contribution in [3.63, 3.8) is 0 Å². The smallest absolute Gasteiger partial charge is 0.132 e. The summed E-state index contributed by atoms with van der Waals surface area (Å²) < 4.78 is 13.0. The predicted octanol–water partition coefficient (Wildman–Crippen LogP) is 1.76. The highest BCUT2D eigenvalue weighted by atomic mass is 19.1. The number of aromatic hydroxyl groups is 1. The van der Waals surface area contributed by atoms with Crippen LogP contribution in [0.15, 0.2) is 18.2 Å². The molecule has 0 aliphatic heterocycles. The molecule has 0 aromatic heterocycles. The molecule has 0 radical (unpaired) electrons. The van der Waals surface area contributed by atoms with Crippen LogP contribution in [-0.4, -0.2) is 10.2 Å². The van der Waals surface area contributed by atoms with Crippen molar-refractivity contribution in [3.05, 3.63) is 29.6 Å². The van der Waals surface area contributed by atoms with Crippen LogP contribution in [0.2, 0.25) is 0 Å². The average molecular weight is 170 g/mol. The normalized spacial score (nSPS) is 11.7. The Kier molecular flexibility index (Phi) is 2.06. The molecule has 66 valence electrons. The summed E-state index contributed by atoms with van der Waals surface area (Å²) in [5, 5.41) is 18.3. The molecule has 0 bridgehead atoms. The molecule has 2 nitrogen and oxygen atoms in total. The van der Waals surface area contributed by atoms with Gasteiger partial charge in [0, 0.05) is 11.6 Å². The van der Waals surface area contributed by atoms with E-state index in [1.54, 1.807) is 0 Å². The molecule has 0 saturated heterocycles. The molecule has 0 unspecified atom stereocenters. The summed E-state index contributed by atoms with van der Waals surface area (Å²) >= 11 is 0. The molecule has 0 saturated carbocycles. The zero-order valence-electron chi connectivity index (χ0n) is 7.00. The summed E-state index contributed by atoms with van der Waals surface area (Å²) in [6, 6.07) is 3.69. The molecule has 0 atom stereocenters. The van der Waals surface area contributed by atoms with Gasteiger partial charge in [-0.05, 0) is 26.0 Å². The van der Waals surface area contributed by atoms with Gasteiger partial charge in [0.2, 0.25) is 0 Å². The standard InChI is InChI=1S/C9H11FO2/c1-9(2,12)7-4-3-6(11)5-8(7)10/h3-5,11-12H,1-2H3. The van der Waals surface area contributed by atoms with Gasteiger partial charge in [-0.3, -0.25) is 0 Å². The lowest BCUT2D eigenvalue weighted by Crippen LogP contribution is -2.17. The summed E-state index contributed by atoms with van der Waals surface area (Å²) in [4.78, 5) is 0. The highest BCUT2D eigenvalue weighted by Gasteiger charge is 2.20. The minimum Gasteiger partial charge on any atom is -0.508 e. The van der Waals surface area contributed by atoms with Gasteiger partial charge in [-0.25, -0.2) is 4.39 Å². The molecule has 3 heteroatoms. The van der Waals surface area contributed by atoms with Gasteiger partial charge in [0.15, 0.2) is 0 Å². The van der Waals surface area contributed by atoms with E-state index in [2.05, 4.69) is 0 Å². The van der Waals surface area contributed by atoms with E-state index in [1.807, 2.05) is 0 Å². The highest BCUT2D eigenvalue weighted by molar-refractivity contribution is 5.30. The number of aliphatic hydroxyl groups is 1. The summed E-state index contributed by atoms with van der Waals surface area (Å²) in [6.07, 6.45) is 0. The molecular weight excluding hydrogens is 159 g/mol. The predicted molar refractivity (Wildman–Crippen MR) is 43.3 cm³/mol. The van der Waals surface area contributed by atoms with E-state index in [4.69, 9.17) is 5.11 Å². The van der Waals surface area contributed by atoms with E-state index >= 15 is 0 Å². The van der Waals surface area contributed by atoms with Gasteiger partial charge in [0.1, 0.15) is 11.6 Å². The van der Waals surface area contributed by atoms with Crippen molar-refractivity contribution in [1.82, 2.24) is 0 Å². The van der Waals surface area contributed by atoms with Gasteiger partial charge in [0.25, 0.3) is 0 Å². The van der Waals surface area contributed by atoms with Gasteiger partial charge in [-0.15, -0.1) is 0 Å². The molecule has 1 aromatic carbocycles. The largest absolute Gasteiger partial charge is 0.508 e. The zero-order valence-corrected chi connectivity index (χ0v) is 7.00. The van der Waals surface area contributed by atoms with Crippen molar-refractivity contribution < 1.29 is 14.6 Å². The maximum Gasteiger partial charge on any atom is 0.132 e. The molecule has 0 fully saturated rings. The van der Waals surface area contributed by atoms with E-state index in [-0.39, 0.29) is 11.3 Å². The number of phenolic OH excluding ortho intramolecular Hbond substituents is 1. The maximum absolute atomic E-state index is 13.0. The monoisotopic (exact) mass is 170 g/mol. The second-order valence-electron chi connectivity index (χ2n) is 3.22. The van der Waals surface area contributed by atoms with Crippen molar-refractivity contribution in [3.8, 4) is 5.75 Å². The van der Waals surface area contributed by atoms with Gasteiger partial charge in [0.05, 0.1) is 5.60 Å². The Bertz CT molecular complexity index is 289. The van der Waals surface area contributed by atoms with E-state index < -0.39 is 11.4 Å². The van der Waals surface area contributed by atoms with E-state index in [0.717, 1.165) is 6.07 Å². The lowest BCUT2D eigenvalue weighted by molar-refractivity contribution is 0.0745. The first-order valence-corrected chi connectivity index (χ1v) is 3.62. The number of halogens is 1. The summed E-state index contributed by atoms with van der Waals surface area (Å²) in [6.45, 7) is 2.98.